The van der Waals surface area contributed by atoms with Crippen LogP contribution in [0, 0.1) is 5.82 Å². The van der Waals surface area contributed by atoms with Crippen molar-refractivity contribution < 1.29 is 29.2 Å². The molecule has 4 N–H and O–H groups in total. The van der Waals surface area contributed by atoms with Gasteiger partial charge in [0.2, 0.25) is 0 Å². The van der Waals surface area contributed by atoms with Crippen LogP contribution < -0.4 is 5.32 Å². The maximum Gasteiger partial charge on any atom is 0.407 e. The molecule has 2 aromatic rings. The summed E-state index contributed by atoms with van der Waals surface area (Å²) in [6.07, 6.45) is -3.40. The number of nitrogens with one attached hydrogen (secondary N) is 1. The van der Waals surface area contributed by atoms with E-state index in [1.807, 2.05) is 18.2 Å². The van der Waals surface area contributed by atoms with Gasteiger partial charge in [-0.3, -0.25) is 0 Å². The van der Waals surface area contributed by atoms with Gasteiger partial charge in [-0.2, -0.15) is 0 Å². The average molecular weight is 349 g/mol. The van der Waals surface area contributed by atoms with Crippen LogP contribution in [-0.4, -0.2) is 34.1 Å². The fourth-order valence-corrected chi connectivity index (χ4v) is 2.20. The lowest BCUT2D eigenvalue weighted by atomic mass is 10.0. The number of benzene rings is 2. The Balaban J connectivity index is 1.82. The molecule has 0 heterocycles. The second-order valence-electron chi connectivity index (χ2n) is 5.46. The van der Waals surface area contributed by atoms with E-state index in [0.717, 1.165) is 11.6 Å². The van der Waals surface area contributed by atoms with Gasteiger partial charge in [-0.25, -0.2) is 9.18 Å². The lowest BCUT2D eigenvalue weighted by molar-refractivity contribution is 0.0183. The molecule has 6 nitrogen and oxygen atoms in total. The summed E-state index contributed by atoms with van der Waals surface area (Å²) in [4.78, 5) is 11.6. The lowest BCUT2D eigenvalue weighted by Gasteiger charge is -2.19. The van der Waals surface area contributed by atoms with Gasteiger partial charge < -0.3 is 25.4 Å². The standard InChI is InChI=1S/C18H20FNO5/c19-15-7-6-13(8-14(15)10-21)17(23)16(22)9-20-18(24)25-11-12-4-2-1-3-5-12/h1-8,16-17,21-23H,9-11H2,(H,20,24). The summed E-state index contributed by atoms with van der Waals surface area (Å²) in [5.74, 6) is -0.601. The number of halogens is 1. The molecule has 0 aliphatic rings. The fraction of sp³-hybridized carbons (Fsp3) is 0.278. The van der Waals surface area contributed by atoms with Gasteiger partial charge in [0.25, 0.3) is 0 Å². The summed E-state index contributed by atoms with van der Waals surface area (Å²) < 4.78 is 18.3. The molecule has 2 unspecified atom stereocenters. The zero-order valence-electron chi connectivity index (χ0n) is 13.4. The van der Waals surface area contributed by atoms with Gasteiger partial charge in [0.1, 0.15) is 24.6 Å². The minimum atomic E-state index is -1.35. The van der Waals surface area contributed by atoms with E-state index < -0.39 is 30.7 Å². The summed E-state index contributed by atoms with van der Waals surface area (Å²) in [5, 5.41) is 31.4. The second kappa shape index (κ2) is 9.12. The second-order valence-corrected chi connectivity index (χ2v) is 5.46. The molecule has 2 atom stereocenters. The Labute approximate surface area is 144 Å². The van der Waals surface area contributed by atoms with Crippen LogP contribution in [0.3, 0.4) is 0 Å². The number of carbonyl (C=O) groups excluding carboxylic acids is 1. The van der Waals surface area contributed by atoms with Crippen LogP contribution in [0.25, 0.3) is 0 Å². The van der Waals surface area contributed by atoms with E-state index in [0.29, 0.717) is 0 Å². The van der Waals surface area contributed by atoms with Gasteiger partial charge in [-0.1, -0.05) is 36.4 Å². The molecule has 2 rings (SSSR count). The quantitative estimate of drug-likeness (QED) is 0.609. The normalized spacial score (nSPS) is 13.1. The summed E-state index contributed by atoms with van der Waals surface area (Å²) >= 11 is 0. The minimum Gasteiger partial charge on any atom is -0.445 e. The predicted octanol–water partition coefficient (Wildman–Crippen LogP) is 1.64. The van der Waals surface area contributed by atoms with E-state index in [-0.39, 0.29) is 24.3 Å². The molecule has 25 heavy (non-hydrogen) atoms. The Kier molecular flexibility index (Phi) is 6.88. The highest BCUT2D eigenvalue weighted by atomic mass is 19.1. The Hall–Kier alpha value is -2.48. The molecular weight excluding hydrogens is 329 g/mol. The lowest BCUT2D eigenvalue weighted by Crippen LogP contribution is -2.35. The number of amides is 1. The number of alkyl carbamates (subject to hydrolysis) is 1. The zero-order chi connectivity index (χ0) is 18.2. The molecule has 1 amide bonds. The third kappa shape index (κ3) is 5.53. The monoisotopic (exact) mass is 349 g/mol. The first-order valence-electron chi connectivity index (χ1n) is 7.71. The van der Waals surface area contributed by atoms with Gasteiger partial charge in [0, 0.05) is 12.1 Å². The van der Waals surface area contributed by atoms with Crippen LogP contribution in [0.1, 0.15) is 22.8 Å². The van der Waals surface area contributed by atoms with E-state index in [1.165, 1.54) is 12.1 Å². The maximum absolute atomic E-state index is 13.3. The maximum atomic E-state index is 13.3. The van der Waals surface area contributed by atoms with E-state index in [2.05, 4.69) is 5.32 Å². The fourth-order valence-electron chi connectivity index (χ4n) is 2.20. The van der Waals surface area contributed by atoms with Crippen LogP contribution >= 0.6 is 0 Å². The minimum absolute atomic E-state index is 0.0129. The Morgan fingerprint density at radius 2 is 1.88 bits per heavy atom. The van der Waals surface area contributed by atoms with Crippen molar-refractivity contribution in [1.82, 2.24) is 5.32 Å². The van der Waals surface area contributed by atoms with Crippen molar-refractivity contribution in [2.75, 3.05) is 6.54 Å². The van der Waals surface area contributed by atoms with Gasteiger partial charge in [0.15, 0.2) is 0 Å². The molecule has 7 heteroatoms. The molecule has 0 aromatic heterocycles. The van der Waals surface area contributed by atoms with Crippen molar-refractivity contribution in [2.45, 2.75) is 25.4 Å². The highest BCUT2D eigenvalue weighted by molar-refractivity contribution is 5.67. The van der Waals surface area contributed by atoms with Crippen molar-refractivity contribution >= 4 is 6.09 Å². The first-order valence-corrected chi connectivity index (χ1v) is 7.71. The first-order chi connectivity index (χ1) is 12.0. The topological polar surface area (TPSA) is 99.0 Å². The first kappa shape index (κ1) is 18.9. The molecule has 0 bridgehead atoms. The molecule has 0 radical (unpaired) electrons. The van der Waals surface area contributed by atoms with Gasteiger partial charge >= 0.3 is 6.09 Å². The smallest absolute Gasteiger partial charge is 0.407 e. The third-order valence-corrected chi connectivity index (χ3v) is 3.61. The Morgan fingerprint density at radius 1 is 1.16 bits per heavy atom. The molecule has 0 fully saturated rings. The van der Waals surface area contributed by atoms with Crippen molar-refractivity contribution in [1.29, 1.82) is 0 Å². The molecule has 0 spiro atoms. The predicted molar refractivity (Wildman–Crippen MR) is 87.9 cm³/mol. The van der Waals surface area contributed by atoms with Gasteiger partial charge in [0.05, 0.1) is 6.61 Å². The van der Waals surface area contributed by atoms with Crippen molar-refractivity contribution in [3.05, 3.63) is 71.0 Å². The molecule has 0 aliphatic carbocycles. The molecule has 134 valence electrons. The van der Waals surface area contributed by atoms with Crippen LogP contribution in [0.5, 0.6) is 0 Å². The average Bonchev–Trinajstić information content (AvgIpc) is 2.65. The van der Waals surface area contributed by atoms with Gasteiger partial charge in [-0.05, 0) is 23.3 Å². The highest BCUT2D eigenvalue weighted by Gasteiger charge is 2.20. The van der Waals surface area contributed by atoms with E-state index in [9.17, 15) is 19.4 Å². The Morgan fingerprint density at radius 3 is 2.56 bits per heavy atom. The molecular formula is C18H20FNO5. The third-order valence-electron chi connectivity index (χ3n) is 3.61. The summed E-state index contributed by atoms with van der Waals surface area (Å²) in [6, 6.07) is 12.8. The van der Waals surface area contributed by atoms with Crippen LogP contribution in [0.4, 0.5) is 9.18 Å². The highest BCUT2D eigenvalue weighted by Crippen LogP contribution is 2.20. The van der Waals surface area contributed by atoms with Crippen LogP contribution in [0.2, 0.25) is 0 Å². The number of aliphatic hydroxyl groups excluding tert-OH is 3. The largest absolute Gasteiger partial charge is 0.445 e. The van der Waals surface area contributed by atoms with E-state index >= 15 is 0 Å². The molecule has 0 saturated carbocycles. The number of ether oxygens (including phenoxy) is 1. The zero-order valence-corrected chi connectivity index (χ0v) is 13.4. The number of rotatable bonds is 7. The summed E-state index contributed by atoms with van der Waals surface area (Å²) in [7, 11) is 0. The summed E-state index contributed by atoms with van der Waals surface area (Å²) in [6.45, 7) is -0.684. The van der Waals surface area contributed by atoms with Crippen molar-refractivity contribution in [3.63, 3.8) is 0 Å². The van der Waals surface area contributed by atoms with Gasteiger partial charge in [-0.15, -0.1) is 0 Å². The number of carbonyl (C=O) groups is 1. The van der Waals surface area contributed by atoms with E-state index in [1.54, 1.807) is 12.1 Å². The molecule has 0 saturated heterocycles. The Bertz CT molecular complexity index is 695. The van der Waals surface area contributed by atoms with Crippen molar-refractivity contribution in [2.24, 2.45) is 0 Å². The number of hydrogen-bond acceptors (Lipinski definition) is 5. The van der Waals surface area contributed by atoms with E-state index in [4.69, 9.17) is 9.84 Å². The molecule has 2 aromatic carbocycles. The number of aliphatic hydroxyl groups is 3. The SMILES string of the molecule is O=C(NCC(O)C(O)c1ccc(F)c(CO)c1)OCc1ccccc1. The van der Waals surface area contributed by atoms with Crippen molar-refractivity contribution in [3.8, 4) is 0 Å². The number of hydrogen-bond donors (Lipinski definition) is 4. The molecule has 0 aliphatic heterocycles. The van der Waals surface area contributed by atoms with Crippen LogP contribution in [-0.2, 0) is 18.0 Å². The van der Waals surface area contributed by atoms with Crippen LogP contribution in [0.15, 0.2) is 48.5 Å². The summed E-state index contributed by atoms with van der Waals surface area (Å²) in [5.41, 5.74) is 1.07.